The van der Waals surface area contributed by atoms with Crippen LogP contribution in [0.3, 0.4) is 0 Å². The topological polar surface area (TPSA) is 48.1 Å². The summed E-state index contributed by atoms with van der Waals surface area (Å²) in [4.78, 5) is 4.64. The lowest BCUT2D eigenvalue weighted by atomic mass is 9.92. The number of rotatable bonds is 5. The van der Waals surface area contributed by atoms with Crippen LogP contribution in [0.1, 0.15) is 43.0 Å². The monoisotopic (exact) mass is 332 g/mol. The molecule has 1 aliphatic carbocycles. The van der Waals surface area contributed by atoms with Gasteiger partial charge in [0.1, 0.15) is 12.4 Å². The first-order valence-corrected chi connectivity index (χ1v) is 9.12. The second-order valence-electron chi connectivity index (χ2n) is 6.92. The van der Waals surface area contributed by atoms with Gasteiger partial charge in [-0.1, -0.05) is 49.2 Å². The zero-order valence-corrected chi connectivity index (χ0v) is 14.4. The van der Waals surface area contributed by atoms with Gasteiger partial charge in [-0.2, -0.15) is 0 Å². The van der Waals surface area contributed by atoms with Crippen LogP contribution in [0.4, 0.5) is 0 Å². The molecule has 0 radical (unpaired) electrons. The summed E-state index contributed by atoms with van der Waals surface area (Å²) in [6.45, 7) is 0.471. The highest BCUT2D eigenvalue weighted by atomic mass is 16.5. The maximum atomic E-state index is 6.42. The van der Waals surface area contributed by atoms with Gasteiger partial charge in [0.15, 0.2) is 0 Å². The first-order chi connectivity index (χ1) is 12.3. The smallest absolute Gasteiger partial charge is 0.130 e. The summed E-state index contributed by atoms with van der Waals surface area (Å²) in [5, 5.41) is 1.15. The van der Waals surface area contributed by atoms with Crippen LogP contribution in [0.15, 0.2) is 60.7 Å². The molecule has 1 fully saturated rings. The summed E-state index contributed by atoms with van der Waals surface area (Å²) in [5.74, 6) is 1.49. The van der Waals surface area contributed by atoms with Crippen molar-refractivity contribution in [2.75, 3.05) is 0 Å². The summed E-state index contributed by atoms with van der Waals surface area (Å²) in [6.07, 6.45) is 5.15. The van der Waals surface area contributed by atoms with E-state index in [2.05, 4.69) is 29.2 Å². The van der Waals surface area contributed by atoms with Gasteiger partial charge in [0.2, 0.25) is 0 Å². The Morgan fingerprint density at radius 2 is 1.72 bits per heavy atom. The number of aromatic nitrogens is 1. The van der Waals surface area contributed by atoms with Crippen LogP contribution in [0.2, 0.25) is 0 Å². The van der Waals surface area contributed by atoms with E-state index < -0.39 is 0 Å². The lowest BCUT2D eigenvalue weighted by Crippen LogP contribution is -2.18. The molecule has 0 saturated heterocycles. The van der Waals surface area contributed by atoms with Crippen molar-refractivity contribution in [2.45, 2.75) is 38.3 Å². The third-order valence-electron chi connectivity index (χ3n) is 5.22. The van der Waals surface area contributed by atoms with Crippen molar-refractivity contribution in [3.8, 4) is 5.75 Å². The minimum atomic E-state index is 0.152. The molecule has 0 spiro atoms. The molecule has 1 heterocycles. The van der Waals surface area contributed by atoms with E-state index in [9.17, 15) is 0 Å². The van der Waals surface area contributed by atoms with E-state index in [1.807, 2.05) is 36.4 Å². The van der Waals surface area contributed by atoms with Crippen molar-refractivity contribution in [3.05, 3.63) is 71.9 Å². The van der Waals surface area contributed by atoms with Gasteiger partial charge in [-0.05, 0) is 48.6 Å². The van der Waals surface area contributed by atoms with E-state index in [4.69, 9.17) is 10.5 Å². The first kappa shape index (κ1) is 16.1. The molecule has 3 heteroatoms. The Labute approximate surface area is 148 Å². The average Bonchev–Trinajstić information content (AvgIpc) is 3.21. The number of nitrogens with two attached hydrogens (primary N) is 1. The first-order valence-electron chi connectivity index (χ1n) is 9.12. The minimum absolute atomic E-state index is 0.152. The molecule has 0 amide bonds. The van der Waals surface area contributed by atoms with Gasteiger partial charge in [-0.3, -0.25) is 0 Å². The van der Waals surface area contributed by atoms with Gasteiger partial charge >= 0.3 is 0 Å². The number of nitrogens with zero attached hydrogens (tertiary/aromatic N) is 1. The van der Waals surface area contributed by atoms with E-state index >= 15 is 0 Å². The summed E-state index contributed by atoms with van der Waals surface area (Å²) in [5.41, 5.74) is 9.57. The molecule has 1 atom stereocenters. The summed E-state index contributed by atoms with van der Waals surface area (Å²) in [6, 6.07) is 20.6. The third-order valence-corrected chi connectivity index (χ3v) is 5.22. The highest BCUT2D eigenvalue weighted by Gasteiger charge is 2.23. The second kappa shape index (κ2) is 7.24. The zero-order valence-electron chi connectivity index (χ0n) is 14.4. The molecule has 4 rings (SSSR count). The number of fused-ring (bicyclic) bond motifs is 1. The number of hydrogen-bond donors (Lipinski definition) is 1. The third kappa shape index (κ3) is 3.67. The van der Waals surface area contributed by atoms with Crippen molar-refractivity contribution < 1.29 is 4.74 Å². The number of pyridine rings is 1. The Morgan fingerprint density at radius 1 is 0.960 bits per heavy atom. The Balaban J connectivity index is 1.40. The summed E-state index contributed by atoms with van der Waals surface area (Å²) in [7, 11) is 0. The molecule has 128 valence electrons. The number of ether oxygens (including phenoxy) is 1. The van der Waals surface area contributed by atoms with E-state index in [0.29, 0.717) is 12.5 Å². The fourth-order valence-corrected chi connectivity index (χ4v) is 3.72. The maximum absolute atomic E-state index is 6.42. The highest BCUT2D eigenvalue weighted by molar-refractivity contribution is 5.78. The molecule has 1 aromatic heterocycles. The fourth-order valence-electron chi connectivity index (χ4n) is 3.72. The summed E-state index contributed by atoms with van der Waals surface area (Å²) >= 11 is 0. The van der Waals surface area contributed by atoms with Gasteiger partial charge in [0.05, 0.1) is 11.2 Å². The number of hydrogen-bond acceptors (Lipinski definition) is 3. The van der Waals surface area contributed by atoms with Crippen LogP contribution in [-0.2, 0) is 6.61 Å². The highest BCUT2D eigenvalue weighted by Crippen LogP contribution is 2.34. The second-order valence-corrected chi connectivity index (χ2v) is 6.92. The van der Waals surface area contributed by atoms with Crippen molar-refractivity contribution in [1.82, 2.24) is 4.98 Å². The Kier molecular flexibility index (Phi) is 4.66. The lowest BCUT2D eigenvalue weighted by molar-refractivity contribution is 0.301. The number of para-hydroxylation sites is 1. The number of benzene rings is 2. The molecule has 1 aliphatic rings. The van der Waals surface area contributed by atoms with Crippen molar-refractivity contribution in [1.29, 1.82) is 0 Å². The fraction of sp³-hybridized carbons (Fsp3) is 0.318. The molecule has 2 aromatic carbocycles. The molecule has 1 unspecified atom stereocenters. The molecule has 3 aromatic rings. The largest absolute Gasteiger partial charge is 0.487 e. The van der Waals surface area contributed by atoms with Crippen molar-refractivity contribution in [2.24, 2.45) is 11.7 Å². The van der Waals surface area contributed by atoms with E-state index in [-0.39, 0.29) is 6.04 Å². The van der Waals surface area contributed by atoms with Gasteiger partial charge in [0.25, 0.3) is 0 Å². The predicted molar refractivity (Wildman–Crippen MR) is 101 cm³/mol. The Bertz CT molecular complexity index is 838. The maximum Gasteiger partial charge on any atom is 0.130 e. The average molecular weight is 332 g/mol. The molecular formula is C22H24N2O. The lowest BCUT2D eigenvalue weighted by Gasteiger charge is -2.19. The molecule has 2 N–H and O–H groups in total. The van der Waals surface area contributed by atoms with E-state index in [1.165, 1.54) is 31.2 Å². The standard InChI is InChI=1S/C22H24N2O/c23-22(17-6-1-2-7-17)18-10-13-20(14-11-18)25-15-19-12-9-16-5-3-4-8-21(16)24-19/h3-5,8-14,17,22H,1-2,6-7,15,23H2. The van der Waals surface area contributed by atoms with Crippen LogP contribution in [0, 0.1) is 5.92 Å². The Morgan fingerprint density at radius 3 is 2.52 bits per heavy atom. The summed E-state index contributed by atoms with van der Waals surface area (Å²) < 4.78 is 5.90. The normalized spacial score (nSPS) is 16.2. The van der Waals surface area contributed by atoms with Crippen LogP contribution >= 0.6 is 0 Å². The van der Waals surface area contributed by atoms with Gasteiger partial charge in [-0.15, -0.1) is 0 Å². The van der Waals surface area contributed by atoms with Gasteiger partial charge < -0.3 is 10.5 Å². The van der Waals surface area contributed by atoms with E-state index in [0.717, 1.165) is 22.3 Å². The molecule has 1 saturated carbocycles. The molecular weight excluding hydrogens is 308 g/mol. The minimum Gasteiger partial charge on any atom is -0.487 e. The quantitative estimate of drug-likeness (QED) is 0.715. The molecule has 0 aliphatic heterocycles. The van der Waals surface area contributed by atoms with Crippen molar-refractivity contribution >= 4 is 10.9 Å². The van der Waals surface area contributed by atoms with Crippen LogP contribution in [0.5, 0.6) is 5.75 Å². The SMILES string of the molecule is NC(c1ccc(OCc2ccc3ccccc3n2)cc1)C1CCCC1. The van der Waals surface area contributed by atoms with Crippen LogP contribution in [0.25, 0.3) is 10.9 Å². The van der Waals surface area contributed by atoms with Gasteiger partial charge in [-0.25, -0.2) is 4.98 Å². The van der Waals surface area contributed by atoms with Crippen molar-refractivity contribution in [3.63, 3.8) is 0 Å². The van der Waals surface area contributed by atoms with Crippen LogP contribution < -0.4 is 10.5 Å². The molecule has 0 bridgehead atoms. The Hall–Kier alpha value is -2.39. The molecule has 25 heavy (non-hydrogen) atoms. The molecule has 3 nitrogen and oxygen atoms in total. The zero-order chi connectivity index (χ0) is 17.1. The van der Waals surface area contributed by atoms with Gasteiger partial charge in [0, 0.05) is 11.4 Å². The van der Waals surface area contributed by atoms with E-state index in [1.54, 1.807) is 0 Å². The van der Waals surface area contributed by atoms with Crippen LogP contribution in [-0.4, -0.2) is 4.98 Å². The predicted octanol–water partition coefficient (Wildman–Crippen LogP) is 5.00.